The number of benzene rings is 2. The van der Waals surface area contributed by atoms with Crippen LogP contribution in [0.4, 0.5) is 22.0 Å². The van der Waals surface area contributed by atoms with Gasteiger partial charge in [-0.3, -0.25) is 4.79 Å². The number of Topliss-reactive ketones (excluding diaryl/α,β-unsaturated/α-hetero) is 1. The van der Waals surface area contributed by atoms with Gasteiger partial charge in [0.2, 0.25) is 10.0 Å². The van der Waals surface area contributed by atoms with Crippen LogP contribution < -0.4 is 0 Å². The summed E-state index contributed by atoms with van der Waals surface area (Å²) < 4.78 is 92.8. The minimum Gasteiger partial charge on any atom is -0.298 e. The lowest BCUT2D eigenvalue weighted by Crippen LogP contribution is -2.40. The fourth-order valence-electron chi connectivity index (χ4n) is 4.02. The van der Waals surface area contributed by atoms with Crippen molar-refractivity contribution in [3.8, 4) is 11.3 Å². The topological polar surface area (TPSA) is 80.2 Å². The molecule has 0 radical (unpaired) electrons. The number of rotatable bonds is 7. The van der Waals surface area contributed by atoms with Gasteiger partial charge in [0.1, 0.15) is 18.3 Å². The molecule has 0 amide bonds. The summed E-state index contributed by atoms with van der Waals surface area (Å²) in [5, 5.41) is 0. The van der Waals surface area contributed by atoms with Crippen LogP contribution in [0.2, 0.25) is 0 Å². The van der Waals surface area contributed by atoms with E-state index in [1.54, 1.807) is 0 Å². The lowest BCUT2D eigenvalue weighted by Gasteiger charge is -2.22. The molecule has 2 atom stereocenters. The van der Waals surface area contributed by atoms with E-state index in [0.29, 0.717) is 17.0 Å². The summed E-state index contributed by atoms with van der Waals surface area (Å²) in [5.41, 5.74) is 0.372. The number of aromatic nitrogens is 2. The third-order valence-corrected chi connectivity index (χ3v) is 7.71. The van der Waals surface area contributed by atoms with Gasteiger partial charge in [0.15, 0.2) is 5.78 Å². The van der Waals surface area contributed by atoms with E-state index in [1.807, 2.05) is 0 Å². The summed E-state index contributed by atoms with van der Waals surface area (Å²) >= 11 is 0. The van der Waals surface area contributed by atoms with E-state index in [1.165, 1.54) is 36.7 Å². The summed E-state index contributed by atoms with van der Waals surface area (Å²) in [6, 6.07) is 8.96. The van der Waals surface area contributed by atoms with Crippen molar-refractivity contribution in [3.63, 3.8) is 0 Å². The fourth-order valence-corrected chi connectivity index (χ4v) is 5.70. The van der Waals surface area contributed by atoms with Gasteiger partial charge in [-0.05, 0) is 42.8 Å². The van der Waals surface area contributed by atoms with Crippen molar-refractivity contribution in [2.45, 2.75) is 42.5 Å². The predicted octanol–water partition coefficient (Wildman–Crippen LogP) is 4.60. The van der Waals surface area contributed by atoms with Crippen molar-refractivity contribution in [3.05, 3.63) is 78.0 Å². The smallest absolute Gasteiger partial charge is 0.298 e. The van der Waals surface area contributed by atoms with Crippen molar-refractivity contribution in [2.24, 2.45) is 0 Å². The van der Waals surface area contributed by atoms with E-state index in [-0.39, 0.29) is 24.2 Å². The number of hydrogen-bond donors (Lipinski definition) is 0. The fraction of sp³-hybridized carbons (Fsp3) is 0.292. The van der Waals surface area contributed by atoms with Crippen LogP contribution >= 0.6 is 0 Å². The molecule has 0 saturated carbocycles. The molecule has 3 aromatic rings. The number of carbonyl (C=O) groups is 1. The molecule has 190 valence electrons. The van der Waals surface area contributed by atoms with E-state index >= 15 is 0 Å². The molecular formula is C24H20F5N3O3S. The third kappa shape index (κ3) is 5.59. The van der Waals surface area contributed by atoms with Gasteiger partial charge in [-0.25, -0.2) is 27.2 Å². The number of aryl methyl sites for hydroxylation is 1. The Bertz CT molecular complexity index is 1360. The van der Waals surface area contributed by atoms with Crippen molar-refractivity contribution in [1.82, 2.24) is 14.3 Å². The molecule has 1 aliphatic rings. The van der Waals surface area contributed by atoms with Crippen LogP contribution in [0.1, 0.15) is 24.1 Å². The van der Waals surface area contributed by atoms with Crippen molar-refractivity contribution in [2.75, 3.05) is 6.54 Å². The molecule has 0 unspecified atom stereocenters. The van der Waals surface area contributed by atoms with E-state index in [2.05, 4.69) is 9.97 Å². The summed E-state index contributed by atoms with van der Waals surface area (Å²) in [6.45, 7) is -0.513. The number of ketones is 1. The minimum absolute atomic E-state index is 0.0797. The third-order valence-electron chi connectivity index (χ3n) is 5.84. The van der Waals surface area contributed by atoms with Crippen LogP contribution in [0.3, 0.4) is 0 Å². The second-order valence-electron chi connectivity index (χ2n) is 8.32. The Kier molecular flexibility index (Phi) is 7.19. The minimum atomic E-state index is -4.47. The highest BCUT2D eigenvalue weighted by Gasteiger charge is 2.43. The maximum absolute atomic E-state index is 14.2. The second kappa shape index (κ2) is 10.0. The Morgan fingerprint density at radius 3 is 2.44 bits per heavy atom. The SMILES string of the molecule is O=C(CCc1cc(-c2ccc(C(F)(F)F)cc2)ncn1)[C@@H]1C[C@@H](F)CN1S(=O)(=O)c1cccc(F)c1. The van der Waals surface area contributed by atoms with Crippen LogP contribution in [-0.2, 0) is 27.4 Å². The van der Waals surface area contributed by atoms with Crippen LogP contribution in [-0.4, -0.2) is 47.2 Å². The maximum Gasteiger partial charge on any atom is 0.416 e. The summed E-state index contributed by atoms with van der Waals surface area (Å²) in [7, 11) is -4.30. The quantitative estimate of drug-likeness (QED) is 0.421. The monoisotopic (exact) mass is 525 g/mol. The molecule has 36 heavy (non-hydrogen) atoms. The van der Waals surface area contributed by atoms with E-state index < -0.39 is 52.1 Å². The molecule has 0 bridgehead atoms. The number of carbonyl (C=O) groups excluding carboxylic acids is 1. The number of hydrogen-bond acceptors (Lipinski definition) is 5. The van der Waals surface area contributed by atoms with Gasteiger partial charge in [-0.1, -0.05) is 18.2 Å². The molecule has 12 heteroatoms. The molecule has 1 aromatic heterocycles. The summed E-state index contributed by atoms with van der Waals surface area (Å²) in [5.74, 6) is -1.30. The molecule has 1 aliphatic heterocycles. The second-order valence-corrected chi connectivity index (χ2v) is 10.2. The molecule has 4 rings (SSSR count). The standard InChI is InChI=1S/C24H20F5N3O3S/c25-17-2-1-3-20(10-17)36(34,35)32-13-18(26)11-22(32)23(33)9-8-19-12-21(31-14-30-19)15-4-6-16(7-5-15)24(27,28)29/h1-7,10,12,14,18,22H,8-9,11,13H2/t18-,22+/m1/s1. The van der Waals surface area contributed by atoms with Gasteiger partial charge in [0.25, 0.3) is 0 Å². The first-order valence-electron chi connectivity index (χ1n) is 10.9. The van der Waals surface area contributed by atoms with Gasteiger partial charge in [0, 0.05) is 30.6 Å². The largest absolute Gasteiger partial charge is 0.416 e. The van der Waals surface area contributed by atoms with E-state index in [0.717, 1.165) is 28.6 Å². The molecule has 0 spiro atoms. The van der Waals surface area contributed by atoms with Crippen LogP contribution in [0.15, 0.2) is 65.8 Å². The highest BCUT2D eigenvalue weighted by atomic mass is 32.2. The van der Waals surface area contributed by atoms with Gasteiger partial charge in [0.05, 0.1) is 22.2 Å². The predicted molar refractivity (Wildman–Crippen MR) is 119 cm³/mol. The van der Waals surface area contributed by atoms with Gasteiger partial charge < -0.3 is 0 Å². The molecule has 1 saturated heterocycles. The number of sulfonamides is 1. The normalized spacial score (nSPS) is 18.9. The molecule has 1 fully saturated rings. The zero-order chi connectivity index (χ0) is 26.1. The Morgan fingerprint density at radius 1 is 1.06 bits per heavy atom. The first-order valence-corrected chi connectivity index (χ1v) is 12.3. The van der Waals surface area contributed by atoms with Crippen LogP contribution in [0.25, 0.3) is 11.3 Å². The molecule has 6 nitrogen and oxygen atoms in total. The lowest BCUT2D eigenvalue weighted by molar-refractivity contribution is -0.137. The lowest BCUT2D eigenvalue weighted by atomic mass is 10.0. The summed E-state index contributed by atoms with van der Waals surface area (Å²) in [6.07, 6.45) is -5.20. The van der Waals surface area contributed by atoms with Gasteiger partial charge >= 0.3 is 6.18 Å². The maximum atomic E-state index is 14.2. The zero-order valence-electron chi connectivity index (χ0n) is 18.6. The number of alkyl halides is 4. The number of halogens is 5. The first kappa shape index (κ1) is 25.8. The molecule has 0 aliphatic carbocycles. The van der Waals surface area contributed by atoms with Crippen molar-refractivity contribution < 1.29 is 35.2 Å². The first-order chi connectivity index (χ1) is 16.9. The van der Waals surface area contributed by atoms with E-state index in [9.17, 15) is 35.2 Å². The zero-order valence-corrected chi connectivity index (χ0v) is 19.4. The Hall–Kier alpha value is -3.25. The van der Waals surface area contributed by atoms with Crippen LogP contribution in [0.5, 0.6) is 0 Å². The van der Waals surface area contributed by atoms with Gasteiger partial charge in [-0.15, -0.1) is 0 Å². The van der Waals surface area contributed by atoms with Crippen molar-refractivity contribution >= 4 is 15.8 Å². The summed E-state index contributed by atoms with van der Waals surface area (Å²) in [4.78, 5) is 20.7. The molecule has 2 heterocycles. The molecule has 2 aromatic carbocycles. The molecule has 0 N–H and O–H groups in total. The highest BCUT2D eigenvalue weighted by Crippen LogP contribution is 2.31. The average molecular weight is 525 g/mol. The Balaban J connectivity index is 1.47. The Labute approximate surface area is 203 Å². The Morgan fingerprint density at radius 2 is 1.78 bits per heavy atom. The van der Waals surface area contributed by atoms with Crippen LogP contribution in [0, 0.1) is 5.82 Å². The van der Waals surface area contributed by atoms with E-state index in [4.69, 9.17) is 0 Å². The van der Waals surface area contributed by atoms with Crippen molar-refractivity contribution in [1.29, 1.82) is 0 Å². The number of nitrogens with zero attached hydrogens (tertiary/aromatic N) is 3. The molecular weight excluding hydrogens is 505 g/mol. The van der Waals surface area contributed by atoms with Gasteiger partial charge in [-0.2, -0.15) is 17.5 Å². The highest BCUT2D eigenvalue weighted by molar-refractivity contribution is 7.89. The average Bonchev–Trinajstić information content (AvgIpc) is 3.25.